The van der Waals surface area contributed by atoms with E-state index in [0.717, 1.165) is 24.5 Å². The summed E-state index contributed by atoms with van der Waals surface area (Å²) in [5, 5.41) is 2.72. The third-order valence-corrected chi connectivity index (χ3v) is 2.36. The van der Waals surface area contributed by atoms with Gasteiger partial charge in [0, 0.05) is 12.6 Å². The van der Waals surface area contributed by atoms with Crippen LogP contribution in [0.15, 0.2) is 36.7 Å². The normalized spacial score (nSPS) is 11.4. The maximum absolute atomic E-state index is 12.8. The van der Waals surface area contributed by atoms with Crippen molar-refractivity contribution in [1.29, 1.82) is 0 Å². The number of rotatable bonds is 3. The zero-order chi connectivity index (χ0) is 13.9. The van der Waals surface area contributed by atoms with E-state index in [1.807, 2.05) is 0 Å². The summed E-state index contributed by atoms with van der Waals surface area (Å²) in [4.78, 5) is 7.02. The second kappa shape index (κ2) is 5.21. The van der Waals surface area contributed by atoms with Crippen LogP contribution in [-0.4, -0.2) is 9.97 Å². The Kier molecular flexibility index (Phi) is 3.64. The van der Waals surface area contributed by atoms with Crippen LogP contribution in [0.1, 0.15) is 11.1 Å². The van der Waals surface area contributed by atoms with Gasteiger partial charge in [0.1, 0.15) is 12.1 Å². The van der Waals surface area contributed by atoms with Gasteiger partial charge in [-0.15, -0.1) is 0 Å². The second-order valence-corrected chi connectivity index (χ2v) is 3.78. The smallest absolute Gasteiger partial charge is 0.366 e. The Balaban J connectivity index is 2.08. The van der Waals surface area contributed by atoms with Crippen LogP contribution in [-0.2, 0) is 12.7 Å². The summed E-state index contributed by atoms with van der Waals surface area (Å²) in [6, 6.07) is 5.95. The first-order valence-electron chi connectivity index (χ1n) is 5.33. The first kappa shape index (κ1) is 13.3. The van der Waals surface area contributed by atoms with Crippen LogP contribution in [0.25, 0.3) is 0 Å². The lowest BCUT2D eigenvalue weighted by atomic mass is 10.1. The van der Waals surface area contributed by atoms with Gasteiger partial charge in [0.2, 0.25) is 5.95 Å². The van der Waals surface area contributed by atoms with Gasteiger partial charge < -0.3 is 5.32 Å². The number of aromatic nitrogens is 2. The lowest BCUT2D eigenvalue weighted by Crippen LogP contribution is -2.07. The van der Waals surface area contributed by atoms with E-state index in [2.05, 4.69) is 15.3 Å². The summed E-state index contributed by atoms with van der Waals surface area (Å²) < 4.78 is 50.3. The van der Waals surface area contributed by atoms with Gasteiger partial charge in [-0.05, 0) is 17.7 Å². The number of nitrogens with zero attached hydrogens (tertiary/aromatic N) is 2. The van der Waals surface area contributed by atoms with Crippen molar-refractivity contribution >= 4 is 5.82 Å². The van der Waals surface area contributed by atoms with Gasteiger partial charge in [-0.1, -0.05) is 12.1 Å². The number of hydrogen-bond acceptors (Lipinski definition) is 3. The van der Waals surface area contributed by atoms with Gasteiger partial charge in [-0.2, -0.15) is 17.6 Å². The molecule has 0 amide bonds. The fourth-order valence-corrected chi connectivity index (χ4v) is 1.48. The van der Waals surface area contributed by atoms with E-state index in [-0.39, 0.29) is 12.4 Å². The van der Waals surface area contributed by atoms with Crippen molar-refractivity contribution in [2.75, 3.05) is 5.32 Å². The number of alkyl halides is 3. The molecule has 7 heteroatoms. The predicted octanol–water partition coefficient (Wildman–Crippen LogP) is 3.25. The topological polar surface area (TPSA) is 37.8 Å². The molecule has 100 valence electrons. The Morgan fingerprint density at radius 3 is 2.58 bits per heavy atom. The van der Waals surface area contributed by atoms with E-state index in [1.165, 1.54) is 6.07 Å². The van der Waals surface area contributed by atoms with Gasteiger partial charge in [-0.25, -0.2) is 9.97 Å². The standard InChI is InChI=1S/C12H9F4N3/c13-10-5-11(19-7-18-10)17-6-8-2-1-3-9(4-8)12(14,15)16/h1-5,7H,6H2,(H,17,18,19). The molecule has 0 fully saturated rings. The average Bonchev–Trinajstić information content (AvgIpc) is 2.36. The van der Waals surface area contributed by atoms with Crippen molar-refractivity contribution in [3.63, 3.8) is 0 Å². The van der Waals surface area contributed by atoms with Gasteiger partial charge in [0.25, 0.3) is 0 Å². The molecule has 3 nitrogen and oxygen atoms in total. The van der Waals surface area contributed by atoms with Crippen molar-refractivity contribution in [2.24, 2.45) is 0 Å². The van der Waals surface area contributed by atoms with Crippen LogP contribution < -0.4 is 5.32 Å². The molecule has 2 rings (SSSR count). The minimum Gasteiger partial charge on any atom is -0.366 e. The van der Waals surface area contributed by atoms with Gasteiger partial charge >= 0.3 is 6.18 Å². The molecule has 0 aliphatic carbocycles. The summed E-state index contributed by atoms with van der Waals surface area (Å²) in [7, 11) is 0. The molecule has 2 aromatic rings. The Morgan fingerprint density at radius 2 is 1.89 bits per heavy atom. The molecule has 0 saturated carbocycles. The van der Waals surface area contributed by atoms with Crippen molar-refractivity contribution in [2.45, 2.75) is 12.7 Å². The molecule has 1 heterocycles. The molecular weight excluding hydrogens is 262 g/mol. The van der Waals surface area contributed by atoms with E-state index >= 15 is 0 Å². The largest absolute Gasteiger partial charge is 0.416 e. The number of halogens is 4. The van der Waals surface area contributed by atoms with E-state index in [1.54, 1.807) is 6.07 Å². The number of benzene rings is 1. The second-order valence-electron chi connectivity index (χ2n) is 3.78. The van der Waals surface area contributed by atoms with Gasteiger partial charge in [0.15, 0.2) is 0 Å². The third-order valence-electron chi connectivity index (χ3n) is 2.36. The molecule has 0 aliphatic heterocycles. The number of anilines is 1. The molecule has 1 aromatic heterocycles. The van der Waals surface area contributed by atoms with Crippen molar-refractivity contribution in [3.8, 4) is 0 Å². The van der Waals surface area contributed by atoms with E-state index in [4.69, 9.17) is 0 Å². The highest BCUT2D eigenvalue weighted by molar-refractivity contribution is 5.35. The minimum absolute atomic E-state index is 0.111. The zero-order valence-corrected chi connectivity index (χ0v) is 9.58. The van der Waals surface area contributed by atoms with Gasteiger partial charge in [0.05, 0.1) is 5.56 Å². The predicted molar refractivity (Wildman–Crippen MR) is 60.8 cm³/mol. The molecule has 1 aromatic carbocycles. The fraction of sp³-hybridized carbons (Fsp3) is 0.167. The molecular formula is C12H9F4N3. The van der Waals surface area contributed by atoms with Gasteiger partial charge in [-0.3, -0.25) is 0 Å². The molecule has 0 radical (unpaired) electrons. The summed E-state index contributed by atoms with van der Waals surface area (Å²) in [6.45, 7) is 0.111. The summed E-state index contributed by atoms with van der Waals surface area (Å²) in [6.07, 6.45) is -3.35. The van der Waals surface area contributed by atoms with E-state index < -0.39 is 17.7 Å². The monoisotopic (exact) mass is 271 g/mol. The maximum Gasteiger partial charge on any atom is 0.416 e. The van der Waals surface area contributed by atoms with Crippen molar-refractivity contribution in [3.05, 3.63) is 53.7 Å². The SMILES string of the molecule is Fc1cc(NCc2cccc(C(F)(F)F)c2)ncn1. The van der Waals surface area contributed by atoms with E-state index in [0.29, 0.717) is 5.56 Å². The third kappa shape index (κ3) is 3.64. The van der Waals surface area contributed by atoms with Crippen LogP contribution >= 0.6 is 0 Å². The molecule has 0 spiro atoms. The molecule has 1 N–H and O–H groups in total. The fourth-order valence-electron chi connectivity index (χ4n) is 1.48. The minimum atomic E-state index is -4.38. The lowest BCUT2D eigenvalue weighted by Gasteiger charge is -2.09. The molecule has 0 aliphatic rings. The summed E-state index contributed by atoms with van der Waals surface area (Å²) in [5.74, 6) is -0.494. The first-order valence-corrected chi connectivity index (χ1v) is 5.33. The molecule has 0 atom stereocenters. The average molecular weight is 271 g/mol. The number of nitrogens with one attached hydrogen (secondary N) is 1. The Bertz CT molecular complexity index is 569. The van der Waals surface area contributed by atoms with Crippen LogP contribution in [0.4, 0.5) is 23.4 Å². The molecule has 0 bridgehead atoms. The van der Waals surface area contributed by atoms with E-state index in [9.17, 15) is 17.6 Å². The molecule has 0 saturated heterocycles. The Labute approximate surface area is 106 Å². The lowest BCUT2D eigenvalue weighted by molar-refractivity contribution is -0.137. The van der Waals surface area contributed by atoms with Crippen LogP contribution in [0.3, 0.4) is 0 Å². The first-order chi connectivity index (χ1) is 8.95. The maximum atomic E-state index is 12.8. The molecule has 0 unspecified atom stereocenters. The summed E-state index contributed by atoms with van der Waals surface area (Å²) in [5.41, 5.74) is -0.297. The van der Waals surface area contributed by atoms with Crippen molar-refractivity contribution < 1.29 is 17.6 Å². The molecule has 19 heavy (non-hydrogen) atoms. The Hall–Kier alpha value is -2.18. The van der Waals surface area contributed by atoms with Crippen LogP contribution in [0.2, 0.25) is 0 Å². The number of hydrogen-bond donors (Lipinski definition) is 1. The quantitative estimate of drug-likeness (QED) is 0.688. The highest BCUT2D eigenvalue weighted by Crippen LogP contribution is 2.29. The highest BCUT2D eigenvalue weighted by Gasteiger charge is 2.30. The highest BCUT2D eigenvalue weighted by atomic mass is 19.4. The zero-order valence-electron chi connectivity index (χ0n) is 9.58. The van der Waals surface area contributed by atoms with Crippen molar-refractivity contribution in [1.82, 2.24) is 9.97 Å². The summed E-state index contributed by atoms with van der Waals surface area (Å²) >= 11 is 0. The Morgan fingerprint density at radius 1 is 1.11 bits per heavy atom. The van der Waals surface area contributed by atoms with Crippen LogP contribution in [0.5, 0.6) is 0 Å². The van der Waals surface area contributed by atoms with Crippen LogP contribution in [0, 0.1) is 5.95 Å².